The first-order valence-corrected chi connectivity index (χ1v) is 9.51. The largest absolute Gasteiger partial charge is 0.497 e. The summed E-state index contributed by atoms with van der Waals surface area (Å²) in [5.74, 6) is 2.38. The molecule has 146 valence electrons. The summed E-state index contributed by atoms with van der Waals surface area (Å²) in [4.78, 5) is 6.89. The van der Waals surface area contributed by atoms with Gasteiger partial charge in [0, 0.05) is 39.3 Å². The van der Waals surface area contributed by atoms with Crippen LogP contribution in [0.25, 0.3) is 0 Å². The maximum absolute atomic E-state index is 5.50. The van der Waals surface area contributed by atoms with Crippen molar-refractivity contribution in [2.75, 3.05) is 47.0 Å². The summed E-state index contributed by atoms with van der Waals surface area (Å²) in [6.45, 7) is 9.87. The first kappa shape index (κ1) is 20.5. The van der Waals surface area contributed by atoms with Crippen molar-refractivity contribution in [3.63, 3.8) is 0 Å². The van der Waals surface area contributed by atoms with Gasteiger partial charge in [-0.3, -0.25) is 9.89 Å². The van der Waals surface area contributed by atoms with E-state index in [0.717, 1.165) is 51.1 Å². The second-order valence-electron chi connectivity index (χ2n) is 7.09. The minimum Gasteiger partial charge on any atom is -0.497 e. The number of morpholine rings is 1. The normalized spacial score (nSPS) is 17.2. The summed E-state index contributed by atoms with van der Waals surface area (Å²) in [5.41, 5.74) is 1.20. The van der Waals surface area contributed by atoms with Gasteiger partial charge in [0.25, 0.3) is 0 Å². The molecule has 6 nitrogen and oxygen atoms in total. The summed E-state index contributed by atoms with van der Waals surface area (Å²) >= 11 is 0. The van der Waals surface area contributed by atoms with E-state index >= 15 is 0 Å². The summed E-state index contributed by atoms with van der Waals surface area (Å²) in [6, 6.07) is 8.58. The van der Waals surface area contributed by atoms with E-state index in [1.807, 2.05) is 19.2 Å². The minimum atomic E-state index is 0.499. The Kier molecular flexibility index (Phi) is 8.71. The van der Waals surface area contributed by atoms with Gasteiger partial charge in [-0.05, 0) is 30.0 Å². The SMILES string of the molecule is CN=C(NCc1ccc(OC)cc1)NCC(CC(C)C)N1CCOCC1. The molecule has 0 radical (unpaired) electrons. The van der Waals surface area contributed by atoms with Crippen molar-refractivity contribution in [2.24, 2.45) is 10.9 Å². The number of methoxy groups -OCH3 is 1. The smallest absolute Gasteiger partial charge is 0.191 e. The molecular weight excluding hydrogens is 328 g/mol. The molecular formula is C20H34N4O2. The lowest BCUT2D eigenvalue weighted by Gasteiger charge is -2.35. The van der Waals surface area contributed by atoms with Crippen LogP contribution in [0.3, 0.4) is 0 Å². The van der Waals surface area contributed by atoms with Crippen LogP contribution in [-0.4, -0.2) is 63.9 Å². The molecule has 1 aliphatic rings. The standard InChI is InChI=1S/C20H34N4O2/c1-16(2)13-18(24-9-11-26-12-10-24)15-23-20(21-3)22-14-17-5-7-19(25-4)8-6-17/h5-8,16,18H,9-15H2,1-4H3,(H2,21,22,23). The van der Waals surface area contributed by atoms with E-state index in [4.69, 9.17) is 9.47 Å². The van der Waals surface area contributed by atoms with Crippen LogP contribution in [0.15, 0.2) is 29.3 Å². The van der Waals surface area contributed by atoms with Crippen molar-refractivity contribution in [1.82, 2.24) is 15.5 Å². The zero-order valence-corrected chi connectivity index (χ0v) is 16.6. The Morgan fingerprint density at radius 3 is 2.46 bits per heavy atom. The third-order valence-electron chi connectivity index (χ3n) is 4.65. The number of nitrogens with one attached hydrogen (secondary N) is 2. The van der Waals surface area contributed by atoms with Crippen LogP contribution in [0.1, 0.15) is 25.8 Å². The van der Waals surface area contributed by atoms with E-state index < -0.39 is 0 Å². The molecule has 2 rings (SSSR count). The molecule has 0 spiro atoms. The fourth-order valence-corrected chi connectivity index (χ4v) is 3.21. The first-order chi connectivity index (χ1) is 12.6. The molecule has 1 aliphatic heterocycles. The molecule has 1 fully saturated rings. The highest BCUT2D eigenvalue weighted by molar-refractivity contribution is 5.79. The Balaban J connectivity index is 1.84. The molecule has 0 bridgehead atoms. The van der Waals surface area contributed by atoms with Crippen LogP contribution < -0.4 is 15.4 Å². The maximum atomic E-state index is 5.50. The van der Waals surface area contributed by atoms with Crippen LogP contribution in [0.5, 0.6) is 5.75 Å². The Hall–Kier alpha value is -1.79. The summed E-state index contributed by atoms with van der Waals surface area (Å²) < 4.78 is 10.7. The fraction of sp³-hybridized carbons (Fsp3) is 0.650. The maximum Gasteiger partial charge on any atom is 0.191 e. The summed E-state index contributed by atoms with van der Waals surface area (Å²) in [5, 5.41) is 6.89. The number of aliphatic imine (C=N–C) groups is 1. The van der Waals surface area contributed by atoms with Gasteiger partial charge in [0.2, 0.25) is 0 Å². The third kappa shape index (κ3) is 6.84. The van der Waals surface area contributed by atoms with Gasteiger partial charge < -0.3 is 20.1 Å². The van der Waals surface area contributed by atoms with E-state index in [9.17, 15) is 0 Å². The predicted molar refractivity (Wildman–Crippen MR) is 107 cm³/mol. The lowest BCUT2D eigenvalue weighted by Crippen LogP contribution is -2.50. The second-order valence-corrected chi connectivity index (χ2v) is 7.09. The van der Waals surface area contributed by atoms with Crippen molar-refractivity contribution >= 4 is 5.96 Å². The molecule has 1 aromatic rings. The van der Waals surface area contributed by atoms with Gasteiger partial charge in [0.15, 0.2) is 5.96 Å². The Morgan fingerprint density at radius 2 is 1.88 bits per heavy atom. The van der Waals surface area contributed by atoms with Crippen molar-refractivity contribution in [2.45, 2.75) is 32.9 Å². The number of hydrogen-bond donors (Lipinski definition) is 2. The van der Waals surface area contributed by atoms with Crippen LogP contribution in [0, 0.1) is 5.92 Å². The van der Waals surface area contributed by atoms with E-state index in [2.05, 4.69) is 46.5 Å². The molecule has 0 aromatic heterocycles. The summed E-state index contributed by atoms with van der Waals surface area (Å²) in [6.07, 6.45) is 1.17. The number of hydrogen-bond acceptors (Lipinski definition) is 4. The number of rotatable bonds is 8. The molecule has 26 heavy (non-hydrogen) atoms. The lowest BCUT2D eigenvalue weighted by atomic mass is 10.0. The lowest BCUT2D eigenvalue weighted by molar-refractivity contribution is 0.0132. The van der Waals surface area contributed by atoms with Crippen molar-refractivity contribution < 1.29 is 9.47 Å². The Bertz CT molecular complexity index is 539. The fourth-order valence-electron chi connectivity index (χ4n) is 3.21. The molecule has 2 N–H and O–H groups in total. The highest BCUT2D eigenvalue weighted by atomic mass is 16.5. The Labute approximate surface area is 158 Å². The quantitative estimate of drug-likeness (QED) is 0.548. The van der Waals surface area contributed by atoms with Gasteiger partial charge in [0.05, 0.1) is 20.3 Å². The topological polar surface area (TPSA) is 58.1 Å². The average molecular weight is 363 g/mol. The van der Waals surface area contributed by atoms with Crippen LogP contribution in [0.2, 0.25) is 0 Å². The second kappa shape index (κ2) is 11.0. The highest BCUT2D eigenvalue weighted by Gasteiger charge is 2.22. The van der Waals surface area contributed by atoms with Crippen LogP contribution in [-0.2, 0) is 11.3 Å². The van der Waals surface area contributed by atoms with E-state index in [1.165, 1.54) is 12.0 Å². The van der Waals surface area contributed by atoms with E-state index in [1.54, 1.807) is 7.11 Å². The first-order valence-electron chi connectivity index (χ1n) is 9.51. The molecule has 1 unspecified atom stereocenters. The van der Waals surface area contributed by atoms with Crippen LogP contribution >= 0.6 is 0 Å². The predicted octanol–water partition coefficient (Wildman–Crippen LogP) is 2.11. The molecule has 1 heterocycles. The van der Waals surface area contributed by atoms with Crippen molar-refractivity contribution in [3.05, 3.63) is 29.8 Å². The van der Waals surface area contributed by atoms with Crippen molar-refractivity contribution in [3.8, 4) is 5.75 Å². The van der Waals surface area contributed by atoms with Gasteiger partial charge in [-0.2, -0.15) is 0 Å². The van der Waals surface area contributed by atoms with Gasteiger partial charge in [-0.25, -0.2) is 0 Å². The van der Waals surface area contributed by atoms with Gasteiger partial charge in [-0.15, -0.1) is 0 Å². The zero-order chi connectivity index (χ0) is 18.8. The molecule has 0 saturated carbocycles. The minimum absolute atomic E-state index is 0.499. The molecule has 0 aliphatic carbocycles. The number of benzene rings is 1. The van der Waals surface area contributed by atoms with E-state index in [-0.39, 0.29) is 0 Å². The summed E-state index contributed by atoms with van der Waals surface area (Å²) in [7, 11) is 3.50. The van der Waals surface area contributed by atoms with Gasteiger partial charge in [0.1, 0.15) is 5.75 Å². The molecule has 1 atom stereocenters. The van der Waals surface area contributed by atoms with Gasteiger partial charge in [-0.1, -0.05) is 26.0 Å². The molecule has 0 amide bonds. The molecule has 1 aromatic carbocycles. The third-order valence-corrected chi connectivity index (χ3v) is 4.65. The Morgan fingerprint density at radius 1 is 1.19 bits per heavy atom. The molecule has 6 heteroatoms. The highest BCUT2D eigenvalue weighted by Crippen LogP contribution is 2.13. The van der Waals surface area contributed by atoms with Crippen molar-refractivity contribution in [1.29, 1.82) is 0 Å². The monoisotopic (exact) mass is 362 g/mol. The zero-order valence-electron chi connectivity index (χ0n) is 16.6. The average Bonchev–Trinajstić information content (AvgIpc) is 2.68. The number of guanidine groups is 1. The number of nitrogens with zero attached hydrogens (tertiary/aromatic N) is 2. The van der Waals surface area contributed by atoms with Crippen LogP contribution in [0.4, 0.5) is 0 Å². The number of ether oxygens (including phenoxy) is 2. The molecule has 1 saturated heterocycles. The van der Waals surface area contributed by atoms with E-state index in [0.29, 0.717) is 12.0 Å². The van der Waals surface area contributed by atoms with Gasteiger partial charge >= 0.3 is 0 Å².